The molecular formula is C22H32N4O2. The van der Waals surface area contributed by atoms with Crippen LogP contribution in [0, 0.1) is 19.3 Å². The topological polar surface area (TPSA) is 76.0 Å². The van der Waals surface area contributed by atoms with Crippen LogP contribution >= 0.6 is 0 Å². The second-order valence-electron chi connectivity index (χ2n) is 8.29. The van der Waals surface area contributed by atoms with Crippen LogP contribution < -0.4 is 10.6 Å². The highest BCUT2D eigenvalue weighted by Gasteiger charge is 2.20. The summed E-state index contributed by atoms with van der Waals surface area (Å²) in [5, 5.41) is 10.3. The van der Waals surface area contributed by atoms with Gasteiger partial charge in [0, 0.05) is 30.6 Å². The number of aromatic nitrogens is 2. The number of amides is 2. The van der Waals surface area contributed by atoms with Crippen LogP contribution in [0.15, 0.2) is 30.3 Å². The summed E-state index contributed by atoms with van der Waals surface area (Å²) in [4.78, 5) is 23.8. The molecule has 0 spiro atoms. The third-order valence-corrected chi connectivity index (χ3v) is 4.46. The van der Waals surface area contributed by atoms with Gasteiger partial charge in [0.25, 0.3) is 0 Å². The number of hydrogen-bond donors (Lipinski definition) is 2. The second kappa shape index (κ2) is 9.53. The molecule has 6 nitrogen and oxygen atoms in total. The van der Waals surface area contributed by atoms with Crippen molar-refractivity contribution in [3.05, 3.63) is 52.8 Å². The lowest BCUT2D eigenvalue weighted by Crippen LogP contribution is -2.35. The fourth-order valence-electron chi connectivity index (χ4n) is 2.85. The van der Waals surface area contributed by atoms with Crippen molar-refractivity contribution in [2.24, 2.45) is 5.41 Å². The lowest BCUT2D eigenvalue weighted by atomic mass is 9.96. The number of nitrogens with one attached hydrogen (secondary N) is 2. The van der Waals surface area contributed by atoms with Gasteiger partial charge in [-0.05, 0) is 37.5 Å². The third-order valence-electron chi connectivity index (χ3n) is 4.46. The third kappa shape index (κ3) is 6.83. The minimum atomic E-state index is -0.402. The molecular weight excluding hydrogens is 352 g/mol. The van der Waals surface area contributed by atoms with E-state index in [4.69, 9.17) is 0 Å². The van der Waals surface area contributed by atoms with Crippen molar-refractivity contribution >= 4 is 11.8 Å². The molecule has 0 unspecified atom stereocenters. The van der Waals surface area contributed by atoms with Crippen molar-refractivity contribution in [1.29, 1.82) is 0 Å². The first-order valence-electron chi connectivity index (χ1n) is 9.79. The highest BCUT2D eigenvalue weighted by Crippen LogP contribution is 2.12. The van der Waals surface area contributed by atoms with Crippen molar-refractivity contribution in [1.82, 2.24) is 20.4 Å². The van der Waals surface area contributed by atoms with E-state index >= 15 is 0 Å². The summed E-state index contributed by atoms with van der Waals surface area (Å²) in [5.74, 6) is 0.00120. The molecule has 2 aromatic rings. The number of hydrogen-bond acceptors (Lipinski definition) is 3. The average Bonchev–Trinajstić information content (AvgIpc) is 2.93. The summed E-state index contributed by atoms with van der Waals surface area (Å²) in [5.41, 5.74) is 3.96. The minimum Gasteiger partial charge on any atom is -0.356 e. The summed E-state index contributed by atoms with van der Waals surface area (Å²) in [7, 11) is 0. The predicted octanol–water partition coefficient (Wildman–Crippen LogP) is 3.11. The van der Waals surface area contributed by atoms with Crippen molar-refractivity contribution < 1.29 is 9.59 Å². The minimum absolute atomic E-state index is 0.00560. The maximum absolute atomic E-state index is 12.0. The average molecular weight is 385 g/mol. The van der Waals surface area contributed by atoms with Crippen molar-refractivity contribution in [3.8, 4) is 0 Å². The zero-order valence-corrected chi connectivity index (χ0v) is 17.6. The number of nitrogens with zero attached hydrogens (tertiary/aromatic N) is 2. The molecule has 2 N–H and O–H groups in total. The quantitative estimate of drug-likeness (QED) is 0.687. The number of benzene rings is 1. The number of carbonyl (C=O) groups excluding carboxylic acids is 2. The maximum Gasteiger partial charge on any atom is 0.225 e. The van der Waals surface area contributed by atoms with Crippen LogP contribution in [0.3, 0.4) is 0 Å². The molecule has 0 radical (unpaired) electrons. The normalized spacial score (nSPS) is 11.3. The molecule has 28 heavy (non-hydrogen) atoms. The summed E-state index contributed by atoms with van der Waals surface area (Å²) >= 11 is 0. The molecule has 2 amide bonds. The van der Waals surface area contributed by atoms with Gasteiger partial charge < -0.3 is 10.6 Å². The van der Waals surface area contributed by atoms with E-state index in [1.807, 2.05) is 51.4 Å². The van der Waals surface area contributed by atoms with Crippen molar-refractivity contribution in [3.63, 3.8) is 0 Å². The highest BCUT2D eigenvalue weighted by atomic mass is 16.2. The van der Waals surface area contributed by atoms with E-state index in [1.54, 1.807) is 0 Å². The lowest BCUT2D eigenvalue weighted by molar-refractivity contribution is -0.128. The fourth-order valence-corrected chi connectivity index (χ4v) is 2.85. The van der Waals surface area contributed by atoms with E-state index in [2.05, 4.69) is 33.9 Å². The molecule has 1 aromatic carbocycles. The number of rotatable bonds is 8. The Kier molecular flexibility index (Phi) is 7.38. The summed E-state index contributed by atoms with van der Waals surface area (Å²) in [6, 6.07) is 10.2. The Morgan fingerprint density at radius 1 is 1.07 bits per heavy atom. The first kappa shape index (κ1) is 21.7. The zero-order valence-electron chi connectivity index (χ0n) is 17.6. The van der Waals surface area contributed by atoms with Gasteiger partial charge in [-0.2, -0.15) is 5.10 Å². The molecule has 0 saturated heterocycles. The molecule has 2 rings (SSSR count). The first-order valence-corrected chi connectivity index (χ1v) is 9.79. The molecule has 0 bridgehead atoms. The zero-order chi connectivity index (χ0) is 20.7. The van der Waals surface area contributed by atoms with Gasteiger partial charge in [0.05, 0.1) is 12.2 Å². The molecule has 0 atom stereocenters. The first-order chi connectivity index (χ1) is 13.1. The van der Waals surface area contributed by atoms with Crippen LogP contribution in [0.4, 0.5) is 0 Å². The van der Waals surface area contributed by atoms with E-state index in [0.29, 0.717) is 25.9 Å². The van der Waals surface area contributed by atoms with Crippen LogP contribution in [-0.4, -0.2) is 28.1 Å². The van der Waals surface area contributed by atoms with Crippen LogP contribution in [0.2, 0.25) is 0 Å². The van der Waals surface area contributed by atoms with E-state index in [1.165, 1.54) is 0 Å². The maximum atomic E-state index is 12.0. The van der Waals surface area contributed by atoms with Gasteiger partial charge >= 0.3 is 0 Å². The monoisotopic (exact) mass is 384 g/mol. The fraction of sp³-hybridized carbons (Fsp3) is 0.500. The summed E-state index contributed by atoms with van der Waals surface area (Å²) in [6.45, 7) is 11.4. The van der Waals surface area contributed by atoms with Crippen LogP contribution in [-0.2, 0) is 22.7 Å². The Morgan fingerprint density at radius 3 is 2.43 bits per heavy atom. The van der Waals surface area contributed by atoms with E-state index in [0.717, 1.165) is 29.1 Å². The van der Waals surface area contributed by atoms with Crippen molar-refractivity contribution in [2.45, 2.75) is 60.5 Å². The Bertz CT molecular complexity index is 818. The Balaban J connectivity index is 1.76. The van der Waals surface area contributed by atoms with Crippen LogP contribution in [0.25, 0.3) is 0 Å². The molecule has 0 saturated carbocycles. The van der Waals surface area contributed by atoms with Gasteiger partial charge in [-0.3, -0.25) is 14.3 Å². The molecule has 1 heterocycles. The Morgan fingerprint density at radius 2 is 1.79 bits per heavy atom. The Labute approximate surface area is 167 Å². The summed E-state index contributed by atoms with van der Waals surface area (Å²) < 4.78 is 1.99. The van der Waals surface area contributed by atoms with E-state index in [9.17, 15) is 9.59 Å². The second-order valence-corrected chi connectivity index (χ2v) is 8.29. The van der Waals surface area contributed by atoms with Gasteiger partial charge in [0.1, 0.15) is 0 Å². The Hall–Kier alpha value is -2.63. The molecule has 6 heteroatoms. The molecule has 0 fully saturated rings. The van der Waals surface area contributed by atoms with Crippen molar-refractivity contribution in [2.75, 3.05) is 6.54 Å². The standard InChI is InChI=1S/C22H32N4O2/c1-16-12-17(2)26(25-16)15-19-9-6-8-18(13-19)14-24-20(27)10-7-11-23-21(28)22(3,4)5/h6,8-9,12-13H,7,10-11,14-15H2,1-5H3,(H,23,28)(H,24,27). The van der Waals surface area contributed by atoms with Gasteiger partial charge in [-0.25, -0.2) is 0 Å². The largest absolute Gasteiger partial charge is 0.356 e. The predicted molar refractivity (Wildman–Crippen MR) is 111 cm³/mol. The molecule has 152 valence electrons. The van der Waals surface area contributed by atoms with Gasteiger partial charge in [0.2, 0.25) is 11.8 Å². The van der Waals surface area contributed by atoms with Gasteiger partial charge in [-0.15, -0.1) is 0 Å². The summed E-state index contributed by atoms with van der Waals surface area (Å²) in [6.07, 6.45) is 1.03. The smallest absolute Gasteiger partial charge is 0.225 e. The van der Waals surface area contributed by atoms with Gasteiger partial charge in [-0.1, -0.05) is 45.0 Å². The van der Waals surface area contributed by atoms with E-state index in [-0.39, 0.29) is 11.8 Å². The number of carbonyl (C=O) groups is 2. The molecule has 0 aliphatic rings. The van der Waals surface area contributed by atoms with Crippen LogP contribution in [0.1, 0.15) is 56.1 Å². The molecule has 0 aliphatic carbocycles. The van der Waals surface area contributed by atoms with Gasteiger partial charge in [0.15, 0.2) is 0 Å². The SMILES string of the molecule is Cc1cc(C)n(Cc2cccc(CNC(=O)CCCNC(=O)C(C)(C)C)c2)n1. The molecule has 1 aromatic heterocycles. The number of aryl methyl sites for hydroxylation is 2. The van der Waals surface area contributed by atoms with Crippen LogP contribution in [0.5, 0.6) is 0 Å². The van der Waals surface area contributed by atoms with E-state index < -0.39 is 5.41 Å². The lowest BCUT2D eigenvalue weighted by Gasteiger charge is -2.17. The molecule has 0 aliphatic heterocycles. The highest BCUT2D eigenvalue weighted by molar-refractivity contribution is 5.81.